The van der Waals surface area contributed by atoms with Crippen molar-refractivity contribution in [3.05, 3.63) is 22.6 Å². The van der Waals surface area contributed by atoms with Gasteiger partial charge in [0, 0.05) is 18.3 Å². The van der Waals surface area contributed by atoms with Gasteiger partial charge in [-0.25, -0.2) is 0 Å². The first-order valence-electron chi connectivity index (χ1n) is 6.34. The third-order valence-electron chi connectivity index (χ3n) is 2.77. The van der Waals surface area contributed by atoms with Crippen molar-refractivity contribution in [3.8, 4) is 0 Å². The van der Waals surface area contributed by atoms with Crippen LogP contribution in [0.5, 0.6) is 0 Å². The van der Waals surface area contributed by atoms with Gasteiger partial charge in [-0.3, -0.25) is 9.59 Å². The summed E-state index contributed by atoms with van der Waals surface area (Å²) in [5, 5.41) is 9.19. The number of nitrogens with zero attached hydrogens (tertiary/aromatic N) is 2. The quantitative estimate of drug-likeness (QED) is 0.615. The maximum Gasteiger partial charge on any atom is 0.313 e. The lowest BCUT2D eigenvalue weighted by Crippen LogP contribution is -2.17. The van der Waals surface area contributed by atoms with Gasteiger partial charge in [-0.15, -0.1) is 0 Å². The number of aliphatic carboxylic acids is 1. The Balaban J connectivity index is 2.85. The Labute approximate surface area is 117 Å². The molecule has 0 radical (unpaired) electrons. The molecule has 106 valence electrons. The van der Waals surface area contributed by atoms with Crippen molar-refractivity contribution in [1.82, 2.24) is 9.55 Å². The Morgan fingerprint density at radius 3 is 2.68 bits per heavy atom. The minimum atomic E-state index is -0.913. The molecule has 0 fully saturated rings. The van der Waals surface area contributed by atoms with Crippen molar-refractivity contribution in [1.29, 1.82) is 0 Å². The first-order chi connectivity index (χ1) is 8.90. The highest BCUT2D eigenvalue weighted by Crippen LogP contribution is 2.22. The molecule has 0 bridgehead atoms. The van der Waals surface area contributed by atoms with Crippen molar-refractivity contribution >= 4 is 17.7 Å². The maximum atomic E-state index is 11.3. The molecule has 0 aliphatic rings. The van der Waals surface area contributed by atoms with Gasteiger partial charge in [-0.2, -0.15) is 4.98 Å². The number of hydrogen-bond donors (Lipinski definition) is 1. The predicted octanol–water partition coefficient (Wildman–Crippen LogP) is 2.42. The predicted molar refractivity (Wildman–Crippen MR) is 75.6 cm³/mol. The van der Waals surface area contributed by atoms with Crippen LogP contribution < -0.4 is 5.56 Å². The summed E-state index contributed by atoms with van der Waals surface area (Å²) in [6, 6.07) is 1.61. The normalized spacial score (nSPS) is 12.6. The zero-order valence-corrected chi connectivity index (χ0v) is 12.3. The lowest BCUT2D eigenvalue weighted by molar-refractivity contribution is -0.133. The third-order valence-corrected chi connectivity index (χ3v) is 3.72. The van der Waals surface area contributed by atoms with Crippen LogP contribution in [0.25, 0.3) is 0 Å². The van der Waals surface area contributed by atoms with Gasteiger partial charge in [0.15, 0.2) is 5.16 Å². The van der Waals surface area contributed by atoms with Crippen LogP contribution in [0.2, 0.25) is 0 Å². The van der Waals surface area contributed by atoms with Gasteiger partial charge in [0.2, 0.25) is 0 Å². The highest BCUT2D eigenvalue weighted by Gasteiger charge is 2.12. The molecule has 6 heteroatoms. The summed E-state index contributed by atoms with van der Waals surface area (Å²) in [6.07, 6.45) is 3.75. The molecule has 0 amide bonds. The summed E-state index contributed by atoms with van der Waals surface area (Å²) in [5.74, 6) is -0.387. The second kappa shape index (κ2) is 7.33. The number of thioether (sulfide) groups is 1. The van der Waals surface area contributed by atoms with Gasteiger partial charge in [0.25, 0.3) is 5.56 Å². The van der Waals surface area contributed by atoms with E-state index in [1.54, 1.807) is 6.20 Å². The summed E-state index contributed by atoms with van der Waals surface area (Å²) in [5.41, 5.74) is -0.333. The molecule has 1 rings (SSSR count). The lowest BCUT2D eigenvalue weighted by Gasteiger charge is -2.19. The summed E-state index contributed by atoms with van der Waals surface area (Å²) < 4.78 is 1.89. The van der Waals surface area contributed by atoms with Crippen molar-refractivity contribution in [2.75, 3.05) is 5.75 Å². The van der Waals surface area contributed by atoms with Crippen LogP contribution in [-0.4, -0.2) is 26.4 Å². The van der Waals surface area contributed by atoms with E-state index in [9.17, 15) is 9.59 Å². The topological polar surface area (TPSA) is 72.2 Å². The molecule has 5 nitrogen and oxygen atoms in total. The molecule has 0 saturated heterocycles. The van der Waals surface area contributed by atoms with E-state index < -0.39 is 5.97 Å². The van der Waals surface area contributed by atoms with Crippen molar-refractivity contribution in [2.24, 2.45) is 5.92 Å². The molecule has 0 aliphatic carbocycles. The third kappa shape index (κ3) is 5.46. The SMILES string of the molecule is CC(C)CCC(C)n1ccc(=O)nc1SCC(=O)O. The summed E-state index contributed by atoms with van der Waals surface area (Å²) in [6.45, 7) is 6.38. The maximum absolute atomic E-state index is 11.3. The van der Waals surface area contributed by atoms with Crippen LogP contribution in [0.1, 0.15) is 39.7 Å². The number of hydrogen-bond acceptors (Lipinski definition) is 4. The van der Waals surface area contributed by atoms with Crippen molar-refractivity contribution in [3.63, 3.8) is 0 Å². The number of aromatic nitrogens is 2. The van der Waals surface area contributed by atoms with Crippen LogP contribution in [0, 0.1) is 5.92 Å². The summed E-state index contributed by atoms with van der Waals surface area (Å²) in [4.78, 5) is 25.8. The second-order valence-electron chi connectivity index (χ2n) is 4.96. The van der Waals surface area contributed by atoms with Crippen LogP contribution in [0.4, 0.5) is 0 Å². The molecule has 1 N–H and O–H groups in total. The molecule has 0 aromatic carbocycles. The van der Waals surface area contributed by atoms with E-state index >= 15 is 0 Å². The summed E-state index contributed by atoms with van der Waals surface area (Å²) in [7, 11) is 0. The Kier molecular flexibility index (Phi) is 6.08. The Morgan fingerprint density at radius 2 is 2.11 bits per heavy atom. The highest BCUT2D eigenvalue weighted by atomic mass is 32.2. The van der Waals surface area contributed by atoms with Crippen molar-refractivity contribution < 1.29 is 9.90 Å². The van der Waals surface area contributed by atoms with Crippen molar-refractivity contribution in [2.45, 2.75) is 44.8 Å². The zero-order chi connectivity index (χ0) is 14.4. The zero-order valence-electron chi connectivity index (χ0n) is 11.5. The Morgan fingerprint density at radius 1 is 1.42 bits per heavy atom. The lowest BCUT2D eigenvalue weighted by atomic mass is 10.0. The molecule has 1 atom stereocenters. The van der Waals surface area contributed by atoms with E-state index in [0.29, 0.717) is 11.1 Å². The van der Waals surface area contributed by atoms with Crippen LogP contribution in [-0.2, 0) is 4.79 Å². The van der Waals surface area contributed by atoms with Gasteiger partial charge >= 0.3 is 5.97 Å². The number of carboxylic acid groups (broad SMARTS) is 1. The molecule has 19 heavy (non-hydrogen) atoms. The van der Waals surface area contributed by atoms with Gasteiger partial charge < -0.3 is 9.67 Å². The van der Waals surface area contributed by atoms with E-state index in [0.717, 1.165) is 24.6 Å². The molecule has 0 saturated carbocycles. The largest absolute Gasteiger partial charge is 0.481 e. The van der Waals surface area contributed by atoms with E-state index in [4.69, 9.17) is 5.11 Å². The van der Waals surface area contributed by atoms with E-state index in [2.05, 4.69) is 25.8 Å². The number of carbonyl (C=O) groups is 1. The first-order valence-corrected chi connectivity index (χ1v) is 7.32. The summed E-state index contributed by atoms with van der Waals surface area (Å²) >= 11 is 1.08. The van der Waals surface area contributed by atoms with E-state index in [-0.39, 0.29) is 17.4 Å². The molecular formula is C13H20N2O3S. The molecule has 1 aromatic rings. The van der Waals surface area contributed by atoms with Crippen LogP contribution >= 0.6 is 11.8 Å². The van der Waals surface area contributed by atoms with Gasteiger partial charge in [-0.05, 0) is 25.7 Å². The van der Waals surface area contributed by atoms with Gasteiger partial charge in [-0.1, -0.05) is 25.6 Å². The second-order valence-corrected chi connectivity index (χ2v) is 5.90. The fraction of sp³-hybridized carbons (Fsp3) is 0.615. The Hall–Kier alpha value is -1.30. The smallest absolute Gasteiger partial charge is 0.313 e. The number of carboxylic acids is 1. The van der Waals surface area contributed by atoms with E-state index in [1.165, 1.54) is 6.07 Å². The fourth-order valence-corrected chi connectivity index (χ4v) is 2.48. The average molecular weight is 284 g/mol. The molecule has 0 spiro atoms. The molecule has 0 aliphatic heterocycles. The number of rotatable bonds is 7. The highest BCUT2D eigenvalue weighted by molar-refractivity contribution is 7.99. The minimum Gasteiger partial charge on any atom is -0.481 e. The molecular weight excluding hydrogens is 264 g/mol. The average Bonchev–Trinajstić information content (AvgIpc) is 2.33. The van der Waals surface area contributed by atoms with Crippen LogP contribution in [0.15, 0.2) is 22.2 Å². The molecule has 1 aromatic heterocycles. The first kappa shape index (κ1) is 15.8. The van der Waals surface area contributed by atoms with Gasteiger partial charge in [0.1, 0.15) is 0 Å². The minimum absolute atomic E-state index is 0.0899. The standard InChI is InChI=1S/C13H20N2O3S/c1-9(2)4-5-10(3)15-7-6-11(16)14-13(15)19-8-12(17)18/h6-7,9-10H,4-5,8H2,1-3H3,(H,17,18). The van der Waals surface area contributed by atoms with Crippen LogP contribution in [0.3, 0.4) is 0 Å². The molecule has 1 heterocycles. The monoisotopic (exact) mass is 284 g/mol. The van der Waals surface area contributed by atoms with E-state index in [1.807, 2.05) is 4.57 Å². The fourth-order valence-electron chi connectivity index (χ4n) is 1.68. The molecule has 1 unspecified atom stereocenters. The Bertz CT molecular complexity index is 485. The van der Waals surface area contributed by atoms with Gasteiger partial charge in [0.05, 0.1) is 5.75 Å².